The standard InChI is InChI=1S/C14H25N3O3S/c1-9(2)20-11-10(15)12(14(18)17(3)4)21-13(11)16-7-6-8-19-5/h9,16H,6-8,15H2,1-5H3. The Labute approximate surface area is 130 Å². The molecule has 1 aromatic rings. The zero-order valence-electron chi connectivity index (χ0n) is 13.4. The van der Waals surface area contributed by atoms with Crippen LogP contribution in [-0.2, 0) is 4.74 Å². The molecule has 0 saturated carbocycles. The minimum atomic E-state index is -0.115. The van der Waals surface area contributed by atoms with Crippen molar-refractivity contribution in [1.82, 2.24) is 4.90 Å². The van der Waals surface area contributed by atoms with Gasteiger partial charge in [-0.3, -0.25) is 4.79 Å². The normalized spacial score (nSPS) is 10.8. The molecule has 1 rings (SSSR count). The van der Waals surface area contributed by atoms with Crippen molar-refractivity contribution in [3.63, 3.8) is 0 Å². The number of thiophene rings is 1. The lowest BCUT2D eigenvalue weighted by Crippen LogP contribution is -2.21. The molecule has 1 amide bonds. The van der Waals surface area contributed by atoms with Gasteiger partial charge in [0, 0.05) is 34.4 Å². The van der Waals surface area contributed by atoms with Gasteiger partial charge in [0.05, 0.1) is 6.10 Å². The Hall–Kier alpha value is -1.47. The van der Waals surface area contributed by atoms with Crippen LogP contribution in [0.3, 0.4) is 0 Å². The van der Waals surface area contributed by atoms with Gasteiger partial charge >= 0.3 is 0 Å². The molecule has 0 spiro atoms. The molecule has 6 nitrogen and oxygen atoms in total. The van der Waals surface area contributed by atoms with E-state index < -0.39 is 0 Å². The van der Waals surface area contributed by atoms with E-state index in [1.807, 2.05) is 13.8 Å². The number of methoxy groups -OCH3 is 1. The molecule has 0 atom stereocenters. The van der Waals surface area contributed by atoms with Gasteiger partial charge < -0.3 is 25.4 Å². The van der Waals surface area contributed by atoms with Crippen LogP contribution in [0.25, 0.3) is 0 Å². The molecule has 1 heterocycles. The molecule has 0 bridgehead atoms. The molecule has 0 aromatic carbocycles. The van der Waals surface area contributed by atoms with E-state index in [9.17, 15) is 4.79 Å². The maximum atomic E-state index is 12.1. The lowest BCUT2D eigenvalue weighted by molar-refractivity contribution is 0.0832. The molecule has 3 N–H and O–H groups in total. The average Bonchev–Trinajstić information content (AvgIpc) is 2.71. The van der Waals surface area contributed by atoms with Crippen LogP contribution >= 0.6 is 11.3 Å². The Kier molecular flexibility index (Phi) is 6.77. The van der Waals surface area contributed by atoms with Gasteiger partial charge in [0.25, 0.3) is 5.91 Å². The van der Waals surface area contributed by atoms with E-state index in [2.05, 4.69) is 5.32 Å². The molecular formula is C14H25N3O3S. The number of ether oxygens (including phenoxy) is 2. The molecule has 0 aliphatic heterocycles. The number of carbonyl (C=O) groups is 1. The second-order valence-electron chi connectivity index (χ2n) is 5.14. The lowest BCUT2D eigenvalue weighted by atomic mass is 10.3. The van der Waals surface area contributed by atoms with Crippen LogP contribution in [0.15, 0.2) is 0 Å². The fraction of sp³-hybridized carbons (Fsp3) is 0.643. The Morgan fingerprint density at radius 3 is 2.62 bits per heavy atom. The Bertz CT molecular complexity index is 472. The highest BCUT2D eigenvalue weighted by Gasteiger charge is 2.23. The number of anilines is 2. The first-order valence-electron chi connectivity index (χ1n) is 6.91. The number of hydrogen-bond acceptors (Lipinski definition) is 6. The van der Waals surface area contributed by atoms with Gasteiger partial charge in [0.15, 0.2) is 5.75 Å². The van der Waals surface area contributed by atoms with Gasteiger partial charge in [0.2, 0.25) is 0 Å². The first-order valence-corrected chi connectivity index (χ1v) is 7.73. The first kappa shape index (κ1) is 17.6. The zero-order chi connectivity index (χ0) is 16.0. The van der Waals surface area contributed by atoms with Crippen LogP contribution in [-0.4, -0.2) is 51.3 Å². The molecule has 0 aliphatic carbocycles. The smallest absolute Gasteiger partial charge is 0.265 e. The van der Waals surface area contributed by atoms with E-state index in [0.717, 1.165) is 18.0 Å². The molecule has 1 aromatic heterocycles. The fourth-order valence-electron chi connectivity index (χ4n) is 1.68. The van der Waals surface area contributed by atoms with Gasteiger partial charge in [-0.1, -0.05) is 0 Å². The van der Waals surface area contributed by atoms with E-state index in [0.29, 0.717) is 22.9 Å². The van der Waals surface area contributed by atoms with E-state index in [1.165, 1.54) is 16.2 Å². The van der Waals surface area contributed by atoms with Crippen molar-refractivity contribution in [2.24, 2.45) is 0 Å². The molecule has 0 radical (unpaired) electrons. The monoisotopic (exact) mass is 315 g/mol. The van der Waals surface area contributed by atoms with Crippen LogP contribution in [0.4, 0.5) is 10.7 Å². The summed E-state index contributed by atoms with van der Waals surface area (Å²) in [6, 6.07) is 0. The van der Waals surface area contributed by atoms with Crippen LogP contribution in [0.1, 0.15) is 29.9 Å². The largest absolute Gasteiger partial charge is 0.486 e. The van der Waals surface area contributed by atoms with Crippen LogP contribution in [0, 0.1) is 0 Å². The first-order chi connectivity index (χ1) is 9.88. The molecule has 0 unspecified atom stereocenters. The molecule has 0 saturated heterocycles. The number of hydrogen-bond donors (Lipinski definition) is 2. The van der Waals surface area contributed by atoms with Crippen LogP contribution < -0.4 is 15.8 Å². The topological polar surface area (TPSA) is 76.8 Å². The third kappa shape index (κ3) is 4.78. The molecule has 0 fully saturated rings. The summed E-state index contributed by atoms with van der Waals surface area (Å²) in [5.41, 5.74) is 6.50. The summed E-state index contributed by atoms with van der Waals surface area (Å²) >= 11 is 1.33. The quantitative estimate of drug-likeness (QED) is 0.720. The van der Waals surface area contributed by atoms with Crippen LogP contribution in [0.5, 0.6) is 5.75 Å². The number of rotatable bonds is 8. The van der Waals surface area contributed by atoms with E-state index >= 15 is 0 Å². The van der Waals surface area contributed by atoms with Crippen molar-refractivity contribution in [1.29, 1.82) is 0 Å². The predicted octanol–water partition coefficient (Wildman–Crippen LogP) is 2.27. The summed E-state index contributed by atoms with van der Waals surface area (Å²) < 4.78 is 10.8. The summed E-state index contributed by atoms with van der Waals surface area (Å²) in [5, 5.41) is 4.07. The molecule has 120 valence electrons. The van der Waals surface area contributed by atoms with Crippen molar-refractivity contribution >= 4 is 27.9 Å². The maximum absolute atomic E-state index is 12.1. The highest BCUT2D eigenvalue weighted by Crippen LogP contribution is 2.43. The summed E-state index contributed by atoms with van der Waals surface area (Å²) in [7, 11) is 5.08. The van der Waals surface area contributed by atoms with Crippen molar-refractivity contribution in [3.05, 3.63) is 4.88 Å². The van der Waals surface area contributed by atoms with Gasteiger partial charge in [-0.2, -0.15) is 0 Å². The van der Waals surface area contributed by atoms with Crippen molar-refractivity contribution < 1.29 is 14.3 Å². The Morgan fingerprint density at radius 2 is 2.10 bits per heavy atom. The SMILES string of the molecule is COCCCNc1sc(C(=O)N(C)C)c(N)c1OC(C)C. The van der Waals surface area contributed by atoms with E-state index in [-0.39, 0.29) is 12.0 Å². The highest BCUT2D eigenvalue weighted by atomic mass is 32.1. The average molecular weight is 315 g/mol. The number of amides is 1. The minimum Gasteiger partial charge on any atom is -0.486 e. The summed E-state index contributed by atoms with van der Waals surface area (Å²) in [6.45, 7) is 5.27. The second-order valence-corrected chi connectivity index (χ2v) is 6.16. The number of nitrogens with two attached hydrogens (primary N) is 1. The number of nitrogen functional groups attached to an aromatic ring is 1. The van der Waals surface area contributed by atoms with Gasteiger partial charge in [-0.25, -0.2) is 0 Å². The highest BCUT2D eigenvalue weighted by molar-refractivity contribution is 7.19. The number of carbonyl (C=O) groups excluding carboxylic acids is 1. The Morgan fingerprint density at radius 1 is 1.43 bits per heavy atom. The van der Waals surface area contributed by atoms with Crippen molar-refractivity contribution in [3.8, 4) is 5.75 Å². The summed E-state index contributed by atoms with van der Waals surface area (Å²) in [5.74, 6) is 0.452. The second kappa shape index (κ2) is 8.09. The van der Waals surface area contributed by atoms with E-state index in [4.69, 9.17) is 15.2 Å². The van der Waals surface area contributed by atoms with E-state index in [1.54, 1.807) is 21.2 Å². The fourth-order valence-corrected chi connectivity index (χ4v) is 2.78. The Balaban J connectivity index is 2.97. The predicted molar refractivity (Wildman–Crippen MR) is 87.5 cm³/mol. The zero-order valence-corrected chi connectivity index (χ0v) is 14.2. The molecule has 0 aliphatic rings. The summed E-state index contributed by atoms with van der Waals surface area (Å²) in [4.78, 5) is 14.2. The summed E-state index contributed by atoms with van der Waals surface area (Å²) in [6.07, 6.45) is 0.857. The number of nitrogens with one attached hydrogen (secondary N) is 1. The van der Waals surface area contributed by atoms with Crippen LogP contribution in [0.2, 0.25) is 0 Å². The van der Waals surface area contributed by atoms with Gasteiger partial charge in [-0.15, -0.1) is 11.3 Å². The van der Waals surface area contributed by atoms with Gasteiger partial charge in [0.1, 0.15) is 15.6 Å². The molecule has 21 heavy (non-hydrogen) atoms. The molecular weight excluding hydrogens is 290 g/mol. The third-order valence-corrected chi connectivity index (χ3v) is 3.80. The van der Waals surface area contributed by atoms with Gasteiger partial charge in [-0.05, 0) is 20.3 Å². The van der Waals surface area contributed by atoms with Crippen molar-refractivity contribution in [2.75, 3.05) is 45.4 Å². The molecule has 7 heteroatoms. The number of nitrogens with zero attached hydrogens (tertiary/aromatic N) is 1. The third-order valence-electron chi connectivity index (χ3n) is 2.66. The maximum Gasteiger partial charge on any atom is 0.265 e. The lowest BCUT2D eigenvalue weighted by Gasteiger charge is -2.13. The van der Waals surface area contributed by atoms with Crippen molar-refractivity contribution in [2.45, 2.75) is 26.4 Å². The minimum absolute atomic E-state index is 0.0104.